The van der Waals surface area contributed by atoms with Crippen molar-refractivity contribution >= 4 is 10.8 Å². The highest BCUT2D eigenvalue weighted by Crippen LogP contribution is 2.28. The second-order valence-electron chi connectivity index (χ2n) is 3.45. The van der Waals surface area contributed by atoms with Gasteiger partial charge in [0.05, 0.1) is 7.11 Å². The minimum atomic E-state index is 0.754. The van der Waals surface area contributed by atoms with Gasteiger partial charge in [0.1, 0.15) is 5.75 Å². The molecule has 2 rings (SSSR count). The number of hydrogen-bond acceptors (Lipinski definition) is 1. The summed E-state index contributed by atoms with van der Waals surface area (Å²) in [4.78, 5) is 0. The summed E-state index contributed by atoms with van der Waals surface area (Å²) in [6, 6.07) is 12.3. The van der Waals surface area contributed by atoms with Crippen LogP contribution in [0.4, 0.5) is 0 Å². The summed E-state index contributed by atoms with van der Waals surface area (Å²) in [6.45, 7) is 0.754. The third kappa shape index (κ3) is 1.81. The quantitative estimate of drug-likeness (QED) is 0.747. The maximum absolute atomic E-state index is 5.33. The van der Waals surface area contributed by atoms with Gasteiger partial charge in [-0.3, -0.25) is 0 Å². The number of nitrogens with zero attached hydrogens (tertiary/aromatic N) is 1. The van der Waals surface area contributed by atoms with Crippen molar-refractivity contribution in [1.29, 1.82) is 0 Å². The molecule has 15 heavy (non-hydrogen) atoms. The molecule has 0 heterocycles. The van der Waals surface area contributed by atoms with E-state index >= 15 is 0 Å². The molecule has 0 amide bonds. The highest BCUT2D eigenvalue weighted by Gasteiger charge is 2.04. The van der Waals surface area contributed by atoms with E-state index in [2.05, 4.69) is 23.5 Å². The second kappa shape index (κ2) is 4.32. The zero-order valence-electron chi connectivity index (χ0n) is 9.03. The molecule has 0 aliphatic carbocycles. The first kappa shape index (κ1) is 9.99. The van der Waals surface area contributed by atoms with Crippen molar-refractivity contribution in [1.82, 2.24) is 5.32 Å². The molecule has 2 heteroatoms. The average molecular weight is 200 g/mol. The monoisotopic (exact) mass is 200 g/mol. The lowest BCUT2D eigenvalue weighted by atomic mass is 10.0. The number of benzene rings is 2. The number of ether oxygens (including phenoxy) is 1. The zero-order valence-corrected chi connectivity index (χ0v) is 9.03. The summed E-state index contributed by atoms with van der Waals surface area (Å²) < 4.78 is 5.33. The van der Waals surface area contributed by atoms with Crippen LogP contribution in [0.1, 0.15) is 5.56 Å². The SMILES string of the molecule is C[N]Cc1ccc(OC)c2ccccc12. The Bertz CT molecular complexity index is 465. The molecule has 0 bridgehead atoms. The summed E-state index contributed by atoms with van der Waals surface area (Å²) in [5.41, 5.74) is 1.24. The van der Waals surface area contributed by atoms with Gasteiger partial charge in [-0.25, -0.2) is 5.32 Å². The van der Waals surface area contributed by atoms with Crippen molar-refractivity contribution in [2.24, 2.45) is 0 Å². The Morgan fingerprint density at radius 1 is 1.07 bits per heavy atom. The minimum absolute atomic E-state index is 0.754. The highest BCUT2D eigenvalue weighted by atomic mass is 16.5. The lowest BCUT2D eigenvalue weighted by molar-refractivity contribution is 0.419. The first-order chi connectivity index (χ1) is 7.36. The van der Waals surface area contributed by atoms with Gasteiger partial charge in [-0.2, -0.15) is 0 Å². The van der Waals surface area contributed by atoms with Gasteiger partial charge in [-0.1, -0.05) is 30.3 Å². The molecule has 2 aromatic rings. The van der Waals surface area contributed by atoms with Gasteiger partial charge in [-0.15, -0.1) is 0 Å². The van der Waals surface area contributed by atoms with E-state index < -0.39 is 0 Å². The Morgan fingerprint density at radius 2 is 1.80 bits per heavy atom. The summed E-state index contributed by atoms with van der Waals surface area (Å²) in [6.07, 6.45) is 0. The van der Waals surface area contributed by atoms with E-state index in [0.29, 0.717) is 0 Å². The van der Waals surface area contributed by atoms with Crippen molar-refractivity contribution in [3.63, 3.8) is 0 Å². The van der Waals surface area contributed by atoms with Gasteiger partial charge >= 0.3 is 0 Å². The molecule has 0 saturated carbocycles. The van der Waals surface area contributed by atoms with E-state index in [-0.39, 0.29) is 0 Å². The molecule has 0 aliphatic rings. The Balaban J connectivity index is 2.66. The summed E-state index contributed by atoms with van der Waals surface area (Å²) in [5.74, 6) is 0.922. The van der Waals surface area contributed by atoms with Crippen LogP contribution < -0.4 is 10.1 Å². The van der Waals surface area contributed by atoms with Crippen molar-refractivity contribution in [3.8, 4) is 5.75 Å². The van der Waals surface area contributed by atoms with Crippen molar-refractivity contribution in [2.45, 2.75) is 6.54 Å². The molecule has 0 saturated heterocycles. The van der Waals surface area contributed by atoms with Gasteiger partial charge in [0.25, 0.3) is 0 Å². The van der Waals surface area contributed by atoms with Crippen molar-refractivity contribution in [2.75, 3.05) is 14.2 Å². The minimum Gasteiger partial charge on any atom is -0.496 e. The van der Waals surface area contributed by atoms with E-state index in [9.17, 15) is 0 Å². The van der Waals surface area contributed by atoms with E-state index in [4.69, 9.17) is 4.74 Å². The Labute approximate surface area is 89.9 Å². The molecule has 0 unspecified atom stereocenters. The largest absolute Gasteiger partial charge is 0.496 e. The van der Waals surface area contributed by atoms with Crippen LogP contribution in [-0.4, -0.2) is 14.2 Å². The predicted octanol–water partition coefficient (Wildman–Crippen LogP) is 2.58. The zero-order chi connectivity index (χ0) is 10.7. The van der Waals surface area contributed by atoms with E-state index in [0.717, 1.165) is 17.7 Å². The molecule has 2 aromatic carbocycles. The molecule has 1 radical (unpaired) electrons. The van der Waals surface area contributed by atoms with Gasteiger partial charge in [0.2, 0.25) is 0 Å². The van der Waals surface area contributed by atoms with Gasteiger partial charge in [0, 0.05) is 19.0 Å². The molecule has 0 aliphatic heterocycles. The van der Waals surface area contributed by atoms with Crippen LogP contribution in [0, 0.1) is 0 Å². The van der Waals surface area contributed by atoms with Crippen LogP contribution in [0.5, 0.6) is 5.75 Å². The topological polar surface area (TPSA) is 23.3 Å². The maximum Gasteiger partial charge on any atom is 0.126 e. The van der Waals surface area contributed by atoms with Crippen LogP contribution in [0.3, 0.4) is 0 Å². The smallest absolute Gasteiger partial charge is 0.126 e. The Hall–Kier alpha value is -1.54. The molecule has 77 valence electrons. The standard InChI is InChI=1S/C13H14NO/c1-14-9-10-7-8-13(15-2)12-6-4-3-5-11(10)12/h3-8H,9H2,1-2H3. The lowest BCUT2D eigenvalue weighted by Gasteiger charge is -2.09. The molecular formula is C13H14NO. The Kier molecular flexibility index (Phi) is 2.88. The van der Waals surface area contributed by atoms with Gasteiger partial charge < -0.3 is 4.74 Å². The normalized spacial score (nSPS) is 10.5. The highest BCUT2D eigenvalue weighted by molar-refractivity contribution is 5.91. The third-order valence-corrected chi connectivity index (χ3v) is 2.52. The first-order valence-corrected chi connectivity index (χ1v) is 4.97. The van der Waals surface area contributed by atoms with Crippen LogP contribution in [0.2, 0.25) is 0 Å². The predicted molar refractivity (Wildman–Crippen MR) is 62.3 cm³/mol. The van der Waals surface area contributed by atoms with Crippen LogP contribution in [0.15, 0.2) is 36.4 Å². The summed E-state index contributed by atoms with van der Waals surface area (Å²) in [5, 5.41) is 6.55. The van der Waals surface area contributed by atoms with E-state index in [1.54, 1.807) is 7.11 Å². The summed E-state index contributed by atoms with van der Waals surface area (Å²) >= 11 is 0. The van der Waals surface area contributed by atoms with Crippen LogP contribution in [0.25, 0.3) is 10.8 Å². The number of methoxy groups -OCH3 is 1. The first-order valence-electron chi connectivity index (χ1n) is 4.97. The Morgan fingerprint density at radius 3 is 2.47 bits per heavy atom. The van der Waals surface area contributed by atoms with Crippen molar-refractivity contribution in [3.05, 3.63) is 42.0 Å². The maximum atomic E-state index is 5.33. The molecular weight excluding hydrogens is 186 g/mol. The van der Waals surface area contributed by atoms with Crippen molar-refractivity contribution < 1.29 is 4.74 Å². The average Bonchev–Trinajstić information content (AvgIpc) is 2.30. The number of hydrogen-bond donors (Lipinski definition) is 0. The second-order valence-corrected chi connectivity index (χ2v) is 3.45. The fourth-order valence-electron chi connectivity index (χ4n) is 1.82. The van der Waals surface area contributed by atoms with Crippen LogP contribution in [-0.2, 0) is 6.54 Å². The molecule has 0 fully saturated rings. The molecule has 0 aromatic heterocycles. The molecule has 2 nitrogen and oxygen atoms in total. The van der Waals surface area contributed by atoms with Crippen LogP contribution >= 0.6 is 0 Å². The van der Waals surface area contributed by atoms with Gasteiger partial charge in [-0.05, 0) is 17.0 Å². The molecule has 0 spiro atoms. The fraction of sp³-hybridized carbons (Fsp3) is 0.231. The summed E-state index contributed by atoms with van der Waals surface area (Å²) in [7, 11) is 3.53. The molecule has 0 atom stereocenters. The number of rotatable bonds is 3. The number of fused-ring (bicyclic) bond motifs is 1. The van der Waals surface area contributed by atoms with E-state index in [1.165, 1.54) is 10.9 Å². The lowest BCUT2D eigenvalue weighted by Crippen LogP contribution is -1.98. The third-order valence-electron chi connectivity index (χ3n) is 2.52. The fourth-order valence-corrected chi connectivity index (χ4v) is 1.82. The van der Waals surface area contributed by atoms with Gasteiger partial charge in [0.15, 0.2) is 0 Å². The van der Waals surface area contributed by atoms with E-state index in [1.807, 2.05) is 25.2 Å². The molecule has 0 N–H and O–H groups in total.